The van der Waals surface area contributed by atoms with Gasteiger partial charge in [0, 0.05) is 13.6 Å². The first kappa shape index (κ1) is 19.3. The number of amides is 2. The number of rotatable bonds is 8. The van der Waals surface area contributed by atoms with E-state index in [0.717, 1.165) is 5.56 Å². The predicted molar refractivity (Wildman–Crippen MR) is 99.0 cm³/mol. The monoisotopic (exact) mass is 356 g/mol. The molecule has 2 aromatic carbocycles. The largest absolute Gasteiger partial charge is 0.497 e. The average molecular weight is 356 g/mol. The van der Waals surface area contributed by atoms with Crippen molar-refractivity contribution in [2.75, 3.05) is 20.8 Å². The first-order chi connectivity index (χ1) is 12.5. The van der Waals surface area contributed by atoms with Gasteiger partial charge in [0.25, 0.3) is 5.91 Å². The van der Waals surface area contributed by atoms with Crippen LogP contribution in [0.3, 0.4) is 0 Å². The molecule has 0 unspecified atom stereocenters. The van der Waals surface area contributed by atoms with E-state index in [-0.39, 0.29) is 18.4 Å². The summed E-state index contributed by atoms with van der Waals surface area (Å²) < 4.78 is 10.7. The zero-order valence-corrected chi connectivity index (χ0v) is 15.3. The molecule has 0 aromatic heterocycles. The predicted octanol–water partition coefficient (Wildman–Crippen LogP) is 2.24. The Bertz CT molecular complexity index is 716. The molecule has 6 heteroatoms. The van der Waals surface area contributed by atoms with Crippen LogP contribution in [0.15, 0.2) is 54.6 Å². The highest BCUT2D eigenvalue weighted by atomic mass is 16.5. The molecule has 2 aromatic rings. The first-order valence-electron chi connectivity index (χ1n) is 8.37. The van der Waals surface area contributed by atoms with Gasteiger partial charge in [-0.3, -0.25) is 9.59 Å². The maximum Gasteiger partial charge on any atom is 0.261 e. The van der Waals surface area contributed by atoms with E-state index in [4.69, 9.17) is 9.47 Å². The summed E-state index contributed by atoms with van der Waals surface area (Å²) in [5.41, 5.74) is 0.945. The summed E-state index contributed by atoms with van der Waals surface area (Å²) in [5.74, 6) is 0.786. The van der Waals surface area contributed by atoms with Crippen LogP contribution in [0, 0.1) is 0 Å². The molecule has 0 aliphatic rings. The van der Waals surface area contributed by atoms with Gasteiger partial charge in [-0.1, -0.05) is 30.3 Å². The molecule has 0 spiro atoms. The second-order valence-electron chi connectivity index (χ2n) is 5.76. The summed E-state index contributed by atoms with van der Waals surface area (Å²) in [6, 6.07) is 15.9. The van der Waals surface area contributed by atoms with Gasteiger partial charge in [-0.05, 0) is 36.8 Å². The lowest BCUT2D eigenvalue weighted by Gasteiger charge is -2.28. The Labute approximate surface area is 153 Å². The third kappa shape index (κ3) is 5.24. The van der Waals surface area contributed by atoms with Crippen LogP contribution in [0.5, 0.6) is 11.5 Å². The van der Waals surface area contributed by atoms with Crippen molar-refractivity contribution < 1.29 is 19.1 Å². The Morgan fingerprint density at radius 1 is 1.04 bits per heavy atom. The van der Waals surface area contributed by atoms with Crippen molar-refractivity contribution in [3.8, 4) is 11.5 Å². The van der Waals surface area contributed by atoms with Gasteiger partial charge in [0.05, 0.1) is 7.11 Å². The van der Waals surface area contributed by atoms with Gasteiger partial charge in [0.2, 0.25) is 5.91 Å². The topological polar surface area (TPSA) is 67.9 Å². The molecule has 26 heavy (non-hydrogen) atoms. The number of hydrogen-bond donors (Lipinski definition) is 1. The number of hydrogen-bond acceptors (Lipinski definition) is 4. The van der Waals surface area contributed by atoms with E-state index in [9.17, 15) is 9.59 Å². The molecule has 0 bridgehead atoms. The smallest absolute Gasteiger partial charge is 0.261 e. The number of carbonyl (C=O) groups excluding carboxylic acids is 2. The van der Waals surface area contributed by atoms with Gasteiger partial charge < -0.3 is 19.7 Å². The molecule has 0 aliphatic carbocycles. The summed E-state index contributed by atoms with van der Waals surface area (Å²) in [6.45, 7) is 1.88. The highest BCUT2D eigenvalue weighted by Gasteiger charge is 2.25. The van der Waals surface area contributed by atoms with Crippen molar-refractivity contribution in [2.45, 2.75) is 19.5 Å². The summed E-state index contributed by atoms with van der Waals surface area (Å²) in [6.07, 6.45) is 0. The number of benzene rings is 2. The maximum absolute atomic E-state index is 12.7. The van der Waals surface area contributed by atoms with Crippen LogP contribution in [0.2, 0.25) is 0 Å². The van der Waals surface area contributed by atoms with Gasteiger partial charge >= 0.3 is 0 Å². The summed E-state index contributed by atoms with van der Waals surface area (Å²) in [5, 5.41) is 2.58. The van der Waals surface area contributed by atoms with Crippen LogP contribution in [0.1, 0.15) is 12.5 Å². The van der Waals surface area contributed by atoms with E-state index in [1.54, 1.807) is 45.3 Å². The van der Waals surface area contributed by atoms with E-state index < -0.39 is 6.04 Å². The number of carbonyl (C=O) groups is 2. The molecular weight excluding hydrogens is 332 g/mol. The first-order valence-corrected chi connectivity index (χ1v) is 8.37. The molecule has 2 rings (SSSR count). The third-order valence-electron chi connectivity index (χ3n) is 4.03. The molecule has 0 saturated heterocycles. The van der Waals surface area contributed by atoms with Crippen molar-refractivity contribution in [1.29, 1.82) is 0 Å². The fraction of sp³-hybridized carbons (Fsp3) is 0.300. The Kier molecular flexibility index (Phi) is 7.02. The van der Waals surface area contributed by atoms with Crippen LogP contribution in [-0.2, 0) is 16.1 Å². The lowest BCUT2D eigenvalue weighted by molar-refractivity contribution is -0.142. The second kappa shape index (κ2) is 9.46. The Hall–Kier alpha value is -3.02. The molecule has 2 amide bonds. The Morgan fingerprint density at radius 3 is 2.23 bits per heavy atom. The number of ether oxygens (including phenoxy) is 2. The molecule has 1 N–H and O–H groups in total. The van der Waals surface area contributed by atoms with Crippen molar-refractivity contribution in [2.24, 2.45) is 0 Å². The van der Waals surface area contributed by atoms with Crippen LogP contribution in [-0.4, -0.2) is 43.5 Å². The van der Waals surface area contributed by atoms with Crippen LogP contribution in [0.4, 0.5) is 0 Å². The van der Waals surface area contributed by atoms with Gasteiger partial charge in [-0.25, -0.2) is 0 Å². The molecular formula is C20H24N2O4. The van der Waals surface area contributed by atoms with Crippen LogP contribution >= 0.6 is 0 Å². The van der Waals surface area contributed by atoms with Crippen molar-refractivity contribution in [3.63, 3.8) is 0 Å². The molecule has 138 valence electrons. The van der Waals surface area contributed by atoms with Crippen molar-refractivity contribution >= 4 is 11.8 Å². The molecule has 6 nitrogen and oxygen atoms in total. The number of nitrogens with zero attached hydrogens (tertiary/aromatic N) is 1. The molecule has 1 atom stereocenters. The minimum absolute atomic E-state index is 0.152. The zero-order valence-electron chi connectivity index (χ0n) is 15.3. The number of nitrogens with one attached hydrogen (secondary N) is 1. The van der Waals surface area contributed by atoms with Gasteiger partial charge in [0.1, 0.15) is 17.5 Å². The standard InChI is InChI=1S/C20H24N2O4/c1-15(20(24)21-2)22(13-16-7-5-4-6-8-16)19(23)14-26-18-11-9-17(25-3)10-12-18/h4-12,15H,13-14H2,1-3H3,(H,21,24)/t15-/m1/s1. The zero-order chi connectivity index (χ0) is 18.9. The SMILES string of the molecule is CNC(=O)[C@@H](C)N(Cc1ccccc1)C(=O)COc1ccc(OC)cc1. The van der Waals surface area contributed by atoms with E-state index in [1.807, 2.05) is 30.3 Å². The highest BCUT2D eigenvalue weighted by molar-refractivity contribution is 5.87. The summed E-state index contributed by atoms with van der Waals surface area (Å²) >= 11 is 0. The van der Waals surface area contributed by atoms with Gasteiger partial charge in [-0.2, -0.15) is 0 Å². The van der Waals surface area contributed by atoms with Crippen molar-refractivity contribution in [3.05, 3.63) is 60.2 Å². The van der Waals surface area contributed by atoms with Crippen LogP contribution < -0.4 is 14.8 Å². The highest BCUT2D eigenvalue weighted by Crippen LogP contribution is 2.17. The lowest BCUT2D eigenvalue weighted by atomic mass is 10.1. The summed E-state index contributed by atoms with van der Waals surface area (Å²) in [7, 11) is 3.14. The molecule has 0 aliphatic heterocycles. The molecule has 0 radical (unpaired) electrons. The van der Waals surface area contributed by atoms with E-state index >= 15 is 0 Å². The van der Waals surface area contributed by atoms with E-state index in [0.29, 0.717) is 18.0 Å². The lowest BCUT2D eigenvalue weighted by Crippen LogP contribution is -2.48. The fourth-order valence-electron chi connectivity index (χ4n) is 2.47. The number of likely N-dealkylation sites (N-methyl/N-ethyl adjacent to an activating group) is 1. The van der Waals surface area contributed by atoms with E-state index in [2.05, 4.69) is 5.32 Å². The minimum atomic E-state index is -0.604. The van der Waals surface area contributed by atoms with Gasteiger partial charge in [-0.15, -0.1) is 0 Å². The number of methoxy groups -OCH3 is 1. The van der Waals surface area contributed by atoms with Crippen molar-refractivity contribution in [1.82, 2.24) is 10.2 Å². The molecule has 0 fully saturated rings. The minimum Gasteiger partial charge on any atom is -0.497 e. The third-order valence-corrected chi connectivity index (χ3v) is 4.03. The average Bonchev–Trinajstić information content (AvgIpc) is 2.70. The molecule has 0 saturated carbocycles. The van der Waals surface area contributed by atoms with E-state index in [1.165, 1.54) is 4.90 Å². The fourth-order valence-corrected chi connectivity index (χ4v) is 2.47. The Morgan fingerprint density at radius 2 is 1.65 bits per heavy atom. The van der Waals surface area contributed by atoms with Gasteiger partial charge in [0.15, 0.2) is 6.61 Å². The van der Waals surface area contributed by atoms with Crippen LogP contribution in [0.25, 0.3) is 0 Å². The Balaban J connectivity index is 2.07. The molecule has 0 heterocycles. The maximum atomic E-state index is 12.7. The summed E-state index contributed by atoms with van der Waals surface area (Å²) in [4.78, 5) is 26.2. The quantitative estimate of drug-likeness (QED) is 0.788. The normalized spacial score (nSPS) is 11.3. The second-order valence-corrected chi connectivity index (χ2v) is 5.76.